The second kappa shape index (κ2) is 25.3. The number of carbonyl (C=O) groups excluding carboxylic acids is 5. The molecule has 2 heterocycles. The Morgan fingerprint density at radius 1 is 1.08 bits per heavy atom. The molecule has 0 unspecified atom stereocenters. The number of terminal acetylenes is 1. The summed E-state index contributed by atoms with van der Waals surface area (Å²) in [6, 6.07) is 4.32. The van der Waals surface area contributed by atoms with Crippen LogP contribution in [0.3, 0.4) is 0 Å². The Bertz CT molecular complexity index is 1880. The van der Waals surface area contributed by atoms with E-state index in [0.29, 0.717) is 36.4 Å². The summed E-state index contributed by atoms with van der Waals surface area (Å²) in [7, 11) is 1.91. The minimum atomic E-state index is -1.20. The number of hydroxylamine groups is 2. The zero-order valence-corrected chi connectivity index (χ0v) is 39.2. The number of nitrogens with zero attached hydrogens (tertiary/aromatic N) is 3. The Balaban J connectivity index is 1.93. The van der Waals surface area contributed by atoms with Crippen LogP contribution >= 0.6 is 11.3 Å². The van der Waals surface area contributed by atoms with Crippen LogP contribution < -0.4 is 16.0 Å². The van der Waals surface area contributed by atoms with Gasteiger partial charge in [0.15, 0.2) is 6.10 Å². The fourth-order valence-electron chi connectivity index (χ4n) is 7.36. The van der Waals surface area contributed by atoms with Crippen LogP contribution in [-0.2, 0) is 39.9 Å². The van der Waals surface area contributed by atoms with Crippen LogP contribution in [-0.4, -0.2) is 107 Å². The third-order valence-electron chi connectivity index (χ3n) is 11.3. The summed E-state index contributed by atoms with van der Waals surface area (Å²) in [6.07, 6.45) is 8.43. The van der Waals surface area contributed by atoms with Crippen LogP contribution in [0, 0.1) is 29.6 Å². The quantitative estimate of drug-likeness (QED) is 0.0373. The number of amides is 4. The van der Waals surface area contributed by atoms with Gasteiger partial charge in [-0.1, -0.05) is 52.7 Å². The molecule has 0 bridgehead atoms. The molecule has 63 heavy (non-hydrogen) atoms. The number of thiazole rings is 1. The highest BCUT2D eigenvalue weighted by atomic mass is 32.1. The van der Waals surface area contributed by atoms with Crippen molar-refractivity contribution < 1.29 is 48.2 Å². The fourth-order valence-corrected chi connectivity index (χ4v) is 8.20. The third kappa shape index (κ3) is 16.2. The molecule has 2 aromatic rings. The van der Waals surface area contributed by atoms with E-state index in [1.807, 2.05) is 39.6 Å². The van der Waals surface area contributed by atoms with Gasteiger partial charge < -0.3 is 25.2 Å². The van der Waals surface area contributed by atoms with E-state index in [1.165, 1.54) is 17.4 Å². The minimum Gasteiger partial charge on any atom is -0.481 e. The first kappa shape index (κ1) is 52.3. The number of unbranched alkanes of at least 4 members (excludes halogenated alkanes) is 1. The summed E-state index contributed by atoms with van der Waals surface area (Å²) in [5.74, 6) is -0.738. The number of likely N-dealkylation sites (tertiary alicyclic amines) is 1. The maximum Gasteiger partial charge on any atom is 0.411 e. The van der Waals surface area contributed by atoms with Gasteiger partial charge in [0.25, 0.3) is 11.8 Å². The maximum absolute atomic E-state index is 14.7. The van der Waals surface area contributed by atoms with Crippen molar-refractivity contribution in [1.82, 2.24) is 25.6 Å². The van der Waals surface area contributed by atoms with Crippen LogP contribution in [0.15, 0.2) is 29.6 Å². The van der Waals surface area contributed by atoms with Crippen LogP contribution in [0.1, 0.15) is 134 Å². The number of hydrogen-bond acceptors (Lipinski definition) is 12. The molecule has 1 aromatic heterocycles. The van der Waals surface area contributed by atoms with Crippen molar-refractivity contribution in [2.45, 2.75) is 143 Å². The number of rotatable bonds is 24. The van der Waals surface area contributed by atoms with E-state index in [2.05, 4.69) is 26.9 Å². The highest BCUT2D eigenvalue weighted by Crippen LogP contribution is 2.32. The van der Waals surface area contributed by atoms with Crippen molar-refractivity contribution in [3.05, 3.63) is 45.9 Å². The van der Waals surface area contributed by atoms with Crippen molar-refractivity contribution in [3.63, 3.8) is 0 Å². The van der Waals surface area contributed by atoms with Gasteiger partial charge in [0.05, 0.1) is 30.7 Å². The molecule has 1 aromatic carbocycles. The molecule has 6 atom stereocenters. The molecule has 16 nitrogen and oxygen atoms in total. The van der Waals surface area contributed by atoms with Crippen molar-refractivity contribution in [3.8, 4) is 12.3 Å². The number of anilines is 1. The number of carboxylic acids is 1. The lowest BCUT2D eigenvalue weighted by Gasteiger charge is -2.39. The first-order valence-electron chi connectivity index (χ1n) is 21.9. The molecule has 17 heteroatoms. The number of carboxylic acid groups (broad SMARTS) is 1. The minimum absolute atomic E-state index is 0.0334. The van der Waals surface area contributed by atoms with Crippen LogP contribution in [0.25, 0.3) is 0 Å². The van der Waals surface area contributed by atoms with Crippen LogP contribution in [0.5, 0.6) is 0 Å². The van der Waals surface area contributed by atoms with Crippen molar-refractivity contribution in [2.24, 2.45) is 17.3 Å². The van der Waals surface area contributed by atoms with Crippen molar-refractivity contribution in [2.75, 3.05) is 32.1 Å². The normalized spacial score (nSPS) is 16.7. The monoisotopic (exact) mass is 896 g/mol. The lowest BCUT2D eigenvalue weighted by Crippen LogP contribution is -2.58. The highest BCUT2D eigenvalue weighted by molar-refractivity contribution is 7.09. The largest absolute Gasteiger partial charge is 0.481 e. The van der Waals surface area contributed by atoms with Crippen molar-refractivity contribution in [1.29, 1.82) is 0 Å². The first-order valence-corrected chi connectivity index (χ1v) is 22.8. The summed E-state index contributed by atoms with van der Waals surface area (Å²) in [5.41, 5.74) is 0.124. The summed E-state index contributed by atoms with van der Waals surface area (Å²) in [4.78, 5) is 91.9. The predicted molar refractivity (Wildman–Crippen MR) is 240 cm³/mol. The van der Waals surface area contributed by atoms with Crippen LogP contribution in [0.4, 0.5) is 10.5 Å². The van der Waals surface area contributed by atoms with E-state index in [9.17, 15) is 33.9 Å². The first-order chi connectivity index (χ1) is 29.8. The number of ether oxygens (including phenoxy) is 2. The van der Waals surface area contributed by atoms with Gasteiger partial charge in [-0.05, 0) is 96.0 Å². The molecule has 1 aliphatic rings. The van der Waals surface area contributed by atoms with Crippen molar-refractivity contribution >= 4 is 52.8 Å². The fraction of sp³-hybridized carbons (Fsp3) is 0.630. The number of aromatic nitrogens is 1. The SMILES string of the molecule is C#CCCCON(C(=O)[C@@H](NC(=O)[C@H]1CCCCN1C)[C@@H](C)CC)[C@H](C[C@@H](OC(C)=O)c1nc(C(=O)N[C@@H](Cc2ccc(NC(=O)OCC)cc2)CC(C)(C)C(=O)O)cs1)C(C)C. The smallest absolute Gasteiger partial charge is 0.411 e. The van der Waals surface area contributed by atoms with E-state index >= 15 is 0 Å². The second-order valence-corrected chi connectivity index (χ2v) is 18.1. The highest BCUT2D eigenvalue weighted by Gasteiger charge is 2.40. The molecule has 3 rings (SSSR count). The standard InChI is InChI=1S/C46H68N6O10S/c1-11-14-17-24-61-52(43(56)39(30(6)12-2)50-41(55)36-18-15-16-23-51(36)10)37(29(4)5)26-38(62-31(7)53)42-49-35(28-63-42)40(54)47-34(27-46(8,9)44(57)58)25-32-19-21-33(22-20-32)48-45(59)60-13-3/h1,19-22,28-30,34,36-39H,12-18,23-27H2,2-10H3,(H,47,54)(H,48,59)(H,50,55)(H,57,58)/t30-,34-,36+,37+,38+,39-/m0/s1. The molecular weight excluding hydrogens is 829 g/mol. The molecule has 4 amide bonds. The number of hydrogen-bond donors (Lipinski definition) is 4. The summed E-state index contributed by atoms with van der Waals surface area (Å²) in [5, 5.41) is 21.8. The number of nitrogens with one attached hydrogen (secondary N) is 3. The molecule has 0 spiro atoms. The van der Waals surface area contributed by atoms with E-state index in [4.69, 9.17) is 20.7 Å². The van der Waals surface area contributed by atoms with E-state index in [-0.39, 0.29) is 62.0 Å². The zero-order chi connectivity index (χ0) is 46.9. The molecule has 1 aliphatic heterocycles. The van der Waals surface area contributed by atoms with E-state index in [0.717, 1.165) is 36.3 Å². The van der Waals surface area contributed by atoms with Crippen LogP contribution in [0.2, 0.25) is 0 Å². The Labute approximate surface area is 376 Å². The molecular formula is C46H68N6O10S. The summed E-state index contributed by atoms with van der Waals surface area (Å²) < 4.78 is 10.8. The lowest BCUT2D eigenvalue weighted by molar-refractivity contribution is -0.213. The van der Waals surface area contributed by atoms with Gasteiger partial charge in [-0.15, -0.1) is 23.7 Å². The third-order valence-corrected chi connectivity index (χ3v) is 12.2. The number of esters is 1. The number of carbonyl (C=O) groups is 6. The van der Waals surface area contributed by atoms with Gasteiger partial charge in [0, 0.05) is 36.9 Å². The zero-order valence-electron chi connectivity index (χ0n) is 38.4. The summed E-state index contributed by atoms with van der Waals surface area (Å²) in [6.45, 7) is 15.0. The maximum atomic E-state index is 14.7. The Kier molecular flexibility index (Phi) is 21.0. The Morgan fingerprint density at radius 2 is 1.78 bits per heavy atom. The van der Waals surface area contributed by atoms with Gasteiger partial charge in [-0.3, -0.25) is 39.0 Å². The number of piperidine rings is 1. The second-order valence-electron chi connectivity index (χ2n) is 17.2. The predicted octanol–water partition coefficient (Wildman–Crippen LogP) is 6.76. The molecule has 0 radical (unpaired) electrons. The Morgan fingerprint density at radius 3 is 2.37 bits per heavy atom. The van der Waals surface area contributed by atoms with Gasteiger partial charge in [-0.2, -0.15) is 0 Å². The average Bonchev–Trinajstić information content (AvgIpc) is 3.72. The molecule has 1 fully saturated rings. The van der Waals surface area contributed by atoms with Gasteiger partial charge >= 0.3 is 18.0 Å². The number of aliphatic carboxylic acids is 1. The molecule has 0 saturated carbocycles. The molecule has 348 valence electrons. The van der Waals surface area contributed by atoms with Gasteiger partial charge in [0.1, 0.15) is 16.7 Å². The average molecular weight is 897 g/mol. The van der Waals surface area contributed by atoms with E-state index in [1.54, 1.807) is 45.0 Å². The van der Waals surface area contributed by atoms with Gasteiger partial charge in [0.2, 0.25) is 5.91 Å². The topological polar surface area (TPSA) is 206 Å². The lowest BCUT2D eigenvalue weighted by atomic mass is 9.84. The number of benzene rings is 1. The molecule has 0 aliphatic carbocycles. The molecule has 4 N–H and O–H groups in total. The number of likely N-dealkylation sites (N-methyl/N-ethyl adjacent to an activating group) is 1. The van der Waals surface area contributed by atoms with Gasteiger partial charge in [-0.25, -0.2) is 14.8 Å². The summed E-state index contributed by atoms with van der Waals surface area (Å²) >= 11 is 1.11. The molecule has 1 saturated heterocycles. The Hall–Kier alpha value is -5.05. The van der Waals surface area contributed by atoms with E-state index < -0.39 is 59.5 Å².